The van der Waals surface area contributed by atoms with Crippen LogP contribution in [0.3, 0.4) is 0 Å². The van der Waals surface area contributed by atoms with Crippen LogP contribution >= 0.6 is 11.6 Å². The van der Waals surface area contributed by atoms with Crippen LogP contribution in [0.4, 0.5) is 0 Å². The van der Waals surface area contributed by atoms with Crippen LogP contribution < -0.4 is 9.47 Å². The molecule has 0 saturated carbocycles. The van der Waals surface area contributed by atoms with Gasteiger partial charge in [0.2, 0.25) is 0 Å². The molecule has 0 aliphatic heterocycles. The van der Waals surface area contributed by atoms with Crippen molar-refractivity contribution in [1.82, 2.24) is 4.57 Å². The van der Waals surface area contributed by atoms with Gasteiger partial charge in [0.05, 0.1) is 30.3 Å². The number of benzene rings is 6. The molecule has 0 atom stereocenters. The van der Waals surface area contributed by atoms with Gasteiger partial charge in [-0.3, -0.25) is 0 Å². The topological polar surface area (TPSA) is 36.5 Å². The number of hydrogen-bond donors (Lipinski definition) is 0. The van der Waals surface area contributed by atoms with Crippen molar-refractivity contribution in [2.75, 3.05) is 14.2 Å². The fourth-order valence-corrected chi connectivity index (χ4v) is 6.78. The monoisotopic (exact) mass is 583 g/mol. The van der Waals surface area contributed by atoms with E-state index in [4.69, 9.17) is 25.5 Å². The molecule has 0 radical (unpaired) electrons. The number of rotatable bonds is 3. The fourth-order valence-electron chi connectivity index (χ4n) is 6.49. The van der Waals surface area contributed by atoms with Crippen molar-refractivity contribution in [3.8, 4) is 17.2 Å². The maximum absolute atomic E-state index is 7.15. The average molecular weight is 584 g/mol. The van der Waals surface area contributed by atoms with E-state index in [9.17, 15) is 0 Å². The number of furan rings is 1. The molecule has 0 aliphatic carbocycles. The zero-order valence-corrected chi connectivity index (χ0v) is 25.5. The summed E-state index contributed by atoms with van der Waals surface area (Å²) in [7, 11) is 3.38. The number of aromatic nitrogens is 1. The van der Waals surface area contributed by atoms with Gasteiger partial charge in [-0.05, 0) is 99.3 Å². The molecule has 0 N–H and O–H groups in total. The Morgan fingerprint density at radius 3 is 2.16 bits per heavy atom. The van der Waals surface area contributed by atoms with E-state index < -0.39 is 0 Å². The lowest BCUT2D eigenvalue weighted by Crippen LogP contribution is -2.10. The van der Waals surface area contributed by atoms with Gasteiger partial charge in [-0.2, -0.15) is 0 Å². The maximum Gasteiger partial charge on any atom is 0.139 e. The highest BCUT2D eigenvalue weighted by Crippen LogP contribution is 2.43. The lowest BCUT2D eigenvalue weighted by molar-refractivity contribution is 0.414. The third-order valence-corrected chi connectivity index (χ3v) is 9.04. The minimum absolute atomic E-state index is 0.000392. The first-order chi connectivity index (χ1) is 20.7. The van der Waals surface area contributed by atoms with Crippen LogP contribution in [0.2, 0.25) is 5.02 Å². The van der Waals surface area contributed by atoms with E-state index >= 15 is 0 Å². The molecule has 212 valence electrons. The third kappa shape index (κ3) is 3.90. The third-order valence-electron chi connectivity index (χ3n) is 8.75. The number of methoxy groups -OCH3 is 2. The minimum atomic E-state index is -0.000392. The molecular formula is C38H30ClNO3. The summed E-state index contributed by atoms with van der Waals surface area (Å²) in [5.74, 6) is 1.60. The first-order valence-corrected chi connectivity index (χ1v) is 14.8. The number of fused-ring (bicyclic) bond motifs is 9. The van der Waals surface area contributed by atoms with Gasteiger partial charge in [-0.1, -0.05) is 50.6 Å². The molecule has 6 aromatic carbocycles. The Hall–Kier alpha value is -4.67. The predicted molar refractivity (Wildman–Crippen MR) is 180 cm³/mol. The molecule has 5 heteroatoms. The molecule has 0 bridgehead atoms. The molecular weight excluding hydrogens is 554 g/mol. The van der Waals surface area contributed by atoms with E-state index in [1.54, 1.807) is 14.2 Å². The Morgan fingerprint density at radius 2 is 1.37 bits per heavy atom. The van der Waals surface area contributed by atoms with Crippen molar-refractivity contribution in [2.24, 2.45) is 0 Å². The van der Waals surface area contributed by atoms with Crippen LogP contribution in [0.5, 0.6) is 11.5 Å². The van der Waals surface area contributed by atoms with Crippen molar-refractivity contribution in [2.45, 2.75) is 26.2 Å². The first kappa shape index (κ1) is 26.0. The lowest BCUT2D eigenvalue weighted by Gasteiger charge is -2.19. The molecule has 0 aliphatic rings. The van der Waals surface area contributed by atoms with E-state index in [1.165, 1.54) is 10.9 Å². The van der Waals surface area contributed by atoms with Crippen LogP contribution in [0, 0.1) is 0 Å². The van der Waals surface area contributed by atoms with E-state index in [0.717, 1.165) is 77.1 Å². The normalized spacial score (nSPS) is 12.4. The first-order valence-electron chi connectivity index (χ1n) is 14.4. The molecule has 43 heavy (non-hydrogen) atoms. The largest absolute Gasteiger partial charge is 0.497 e. The fraction of sp³-hybridized carbons (Fsp3) is 0.158. The van der Waals surface area contributed by atoms with Gasteiger partial charge in [-0.15, -0.1) is 0 Å². The van der Waals surface area contributed by atoms with E-state index in [2.05, 4.69) is 98.1 Å². The Balaban J connectivity index is 1.45. The molecule has 0 amide bonds. The van der Waals surface area contributed by atoms with Crippen LogP contribution in [0.15, 0.2) is 95.4 Å². The summed E-state index contributed by atoms with van der Waals surface area (Å²) < 4.78 is 19.6. The van der Waals surface area contributed by atoms with Crippen molar-refractivity contribution in [3.05, 3.63) is 102 Å². The highest BCUT2D eigenvalue weighted by atomic mass is 35.5. The molecule has 0 saturated heterocycles. The SMILES string of the molecule is COc1ccc2c(c1)oc1cc3cc(-n4c5ccc(C(C)(C)C)cc5c5c6cc(OC)ccc6cc(Cl)c54)ccc3cc12. The Kier molecular flexibility index (Phi) is 5.54. The van der Waals surface area contributed by atoms with Gasteiger partial charge in [0.1, 0.15) is 22.7 Å². The molecule has 2 aromatic heterocycles. The summed E-state index contributed by atoms with van der Waals surface area (Å²) in [4.78, 5) is 0. The quantitative estimate of drug-likeness (QED) is 0.207. The summed E-state index contributed by atoms with van der Waals surface area (Å²) in [5.41, 5.74) is 6.07. The van der Waals surface area contributed by atoms with Gasteiger partial charge in [0, 0.05) is 33.3 Å². The van der Waals surface area contributed by atoms with Crippen LogP contribution in [0.25, 0.3) is 71.0 Å². The van der Waals surface area contributed by atoms with Crippen molar-refractivity contribution < 1.29 is 13.9 Å². The second kappa shape index (κ2) is 9.16. The summed E-state index contributed by atoms with van der Waals surface area (Å²) in [5, 5.41) is 9.62. The summed E-state index contributed by atoms with van der Waals surface area (Å²) in [6.07, 6.45) is 0. The molecule has 8 aromatic rings. The smallest absolute Gasteiger partial charge is 0.139 e. The highest BCUT2D eigenvalue weighted by Gasteiger charge is 2.22. The molecule has 8 rings (SSSR count). The minimum Gasteiger partial charge on any atom is -0.497 e. The number of hydrogen-bond acceptors (Lipinski definition) is 3. The molecule has 0 unspecified atom stereocenters. The zero-order valence-electron chi connectivity index (χ0n) is 24.7. The molecule has 0 fully saturated rings. The van der Waals surface area contributed by atoms with E-state index in [1.807, 2.05) is 18.2 Å². The second-order valence-electron chi connectivity index (χ2n) is 12.3. The summed E-state index contributed by atoms with van der Waals surface area (Å²) in [6.45, 7) is 6.75. The summed E-state index contributed by atoms with van der Waals surface area (Å²) >= 11 is 7.15. The second-order valence-corrected chi connectivity index (χ2v) is 12.7. The molecule has 2 heterocycles. The van der Waals surface area contributed by atoms with E-state index in [-0.39, 0.29) is 5.41 Å². The van der Waals surface area contributed by atoms with Gasteiger partial charge in [0.25, 0.3) is 0 Å². The number of ether oxygens (including phenoxy) is 2. The average Bonchev–Trinajstić information content (AvgIpc) is 3.54. The zero-order chi connectivity index (χ0) is 29.6. The van der Waals surface area contributed by atoms with Gasteiger partial charge in [-0.25, -0.2) is 0 Å². The van der Waals surface area contributed by atoms with E-state index in [0.29, 0.717) is 5.02 Å². The number of halogens is 1. The molecule has 0 spiro atoms. The van der Waals surface area contributed by atoms with Crippen molar-refractivity contribution in [3.63, 3.8) is 0 Å². The Labute approximate surface area is 254 Å². The van der Waals surface area contributed by atoms with Crippen LogP contribution in [-0.4, -0.2) is 18.8 Å². The summed E-state index contributed by atoms with van der Waals surface area (Å²) in [6, 6.07) is 32.0. The predicted octanol–water partition coefficient (Wildman–Crippen LogP) is 11.0. The highest BCUT2D eigenvalue weighted by molar-refractivity contribution is 6.39. The van der Waals surface area contributed by atoms with Gasteiger partial charge >= 0.3 is 0 Å². The van der Waals surface area contributed by atoms with Crippen molar-refractivity contribution >= 4 is 76.9 Å². The number of nitrogens with zero attached hydrogens (tertiary/aromatic N) is 1. The van der Waals surface area contributed by atoms with Gasteiger partial charge < -0.3 is 18.5 Å². The Morgan fingerprint density at radius 1 is 0.628 bits per heavy atom. The molecule has 4 nitrogen and oxygen atoms in total. The standard InChI is InChI=1S/C38H30ClNO3/c1-38(2,3)24-8-13-33-31(18-24)36-29-19-26(41-4)10-7-22(29)16-32(39)37(36)40(33)25-9-6-21-15-30-28-12-11-27(42-5)20-35(28)43-34(30)17-23(21)14-25/h6-20H,1-5H3. The lowest BCUT2D eigenvalue weighted by atomic mass is 9.86. The maximum atomic E-state index is 7.15. The van der Waals surface area contributed by atoms with Crippen LogP contribution in [-0.2, 0) is 5.41 Å². The van der Waals surface area contributed by atoms with Crippen LogP contribution in [0.1, 0.15) is 26.3 Å². The Bertz CT molecular complexity index is 2420. The van der Waals surface area contributed by atoms with Crippen molar-refractivity contribution in [1.29, 1.82) is 0 Å². The van der Waals surface area contributed by atoms with Gasteiger partial charge in [0.15, 0.2) is 0 Å².